The number of aliphatic hydroxyl groups is 1. The lowest BCUT2D eigenvalue weighted by Gasteiger charge is -2.42. The van der Waals surface area contributed by atoms with Crippen molar-refractivity contribution in [2.24, 2.45) is 0 Å². The minimum absolute atomic E-state index is 0.00414. The van der Waals surface area contributed by atoms with Crippen LogP contribution in [-0.4, -0.2) is 52.2 Å². The highest BCUT2D eigenvalue weighted by molar-refractivity contribution is 5.31. The zero-order valence-corrected chi connectivity index (χ0v) is 10.7. The Morgan fingerprint density at radius 2 is 1.76 bits per heavy atom. The molecule has 1 aliphatic heterocycles. The smallest absolute Gasteiger partial charge is 0.225 e. The third kappa shape index (κ3) is 2.56. The molecular formula is C12H20N4O. The Bertz CT molecular complexity index is 355. The third-order valence-electron chi connectivity index (χ3n) is 3.52. The van der Waals surface area contributed by atoms with Crippen LogP contribution >= 0.6 is 0 Å². The van der Waals surface area contributed by atoms with E-state index in [1.807, 2.05) is 0 Å². The molecule has 1 aromatic rings. The van der Waals surface area contributed by atoms with Crippen LogP contribution in [0.25, 0.3) is 0 Å². The molecule has 1 fully saturated rings. The highest BCUT2D eigenvalue weighted by Gasteiger charge is 2.27. The molecule has 17 heavy (non-hydrogen) atoms. The lowest BCUT2D eigenvalue weighted by molar-refractivity contribution is 0.169. The Kier molecular flexibility index (Phi) is 3.59. The number of hydrogen-bond acceptors (Lipinski definition) is 5. The van der Waals surface area contributed by atoms with E-state index in [1.54, 1.807) is 12.4 Å². The first-order valence-electron chi connectivity index (χ1n) is 6.00. The van der Waals surface area contributed by atoms with Gasteiger partial charge in [0.1, 0.15) is 0 Å². The fourth-order valence-electron chi connectivity index (χ4n) is 2.16. The molecule has 0 saturated carbocycles. The SMILES string of the molecule is CC1CN(c2ncc(CO)cn2)CC(C)N1C. The molecule has 0 aliphatic carbocycles. The molecule has 1 aromatic heterocycles. The molecule has 5 heteroatoms. The minimum atomic E-state index is -0.00414. The largest absolute Gasteiger partial charge is 0.392 e. The fourth-order valence-corrected chi connectivity index (χ4v) is 2.16. The number of aliphatic hydroxyl groups excluding tert-OH is 1. The molecule has 0 bridgehead atoms. The van der Waals surface area contributed by atoms with Gasteiger partial charge < -0.3 is 10.0 Å². The molecule has 2 atom stereocenters. The van der Waals surface area contributed by atoms with Crippen LogP contribution in [0.3, 0.4) is 0 Å². The molecule has 5 nitrogen and oxygen atoms in total. The second kappa shape index (κ2) is 4.98. The predicted octanol–water partition coefficient (Wildman–Crippen LogP) is 0.498. The van der Waals surface area contributed by atoms with Crippen molar-refractivity contribution in [2.45, 2.75) is 32.5 Å². The highest BCUT2D eigenvalue weighted by Crippen LogP contribution is 2.17. The van der Waals surface area contributed by atoms with Gasteiger partial charge >= 0.3 is 0 Å². The molecule has 1 N–H and O–H groups in total. The Labute approximate surface area is 102 Å². The summed E-state index contributed by atoms with van der Waals surface area (Å²) >= 11 is 0. The summed E-state index contributed by atoms with van der Waals surface area (Å²) in [6.45, 7) is 6.31. The van der Waals surface area contributed by atoms with Gasteiger partial charge in [-0.3, -0.25) is 4.90 Å². The molecule has 0 radical (unpaired) electrons. The van der Waals surface area contributed by atoms with Crippen LogP contribution in [0.15, 0.2) is 12.4 Å². The quantitative estimate of drug-likeness (QED) is 0.810. The average molecular weight is 236 g/mol. The van der Waals surface area contributed by atoms with E-state index in [4.69, 9.17) is 5.11 Å². The summed E-state index contributed by atoms with van der Waals surface area (Å²) in [7, 11) is 2.16. The van der Waals surface area contributed by atoms with Gasteiger partial charge in [-0.05, 0) is 20.9 Å². The van der Waals surface area contributed by atoms with E-state index in [0.717, 1.165) is 24.6 Å². The molecule has 2 heterocycles. The fraction of sp³-hybridized carbons (Fsp3) is 0.667. The van der Waals surface area contributed by atoms with E-state index in [-0.39, 0.29) is 6.61 Å². The second-order valence-electron chi connectivity index (χ2n) is 4.82. The number of rotatable bonds is 2. The second-order valence-corrected chi connectivity index (χ2v) is 4.82. The van der Waals surface area contributed by atoms with Crippen molar-refractivity contribution in [3.63, 3.8) is 0 Å². The van der Waals surface area contributed by atoms with Crippen LogP contribution < -0.4 is 4.90 Å². The summed E-state index contributed by atoms with van der Waals surface area (Å²) in [5, 5.41) is 8.96. The first kappa shape index (κ1) is 12.3. The first-order chi connectivity index (χ1) is 8.11. The van der Waals surface area contributed by atoms with Gasteiger partial charge in [0, 0.05) is 43.1 Å². The van der Waals surface area contributed by atoms with E-state index >= 15 is 0 Å². The van der Waals surface area contributed by atoms with Crippen molar-refractivity contribution >= 4 is 5.95 Å². The molecular weight excluding hydrogens is 216 g/mol. The normalized spacial score (nSPS) is 26.2. The van der Waals surface area contributed by atoms with Crippen LogP contribution in [0.5, 0.6) is 0 Å². The summed E-state index contributed by atoms with van der Waals surface area (Å²) in [4.78, 5) is 13.2. The van der Waals surface area contributed by atoms with Crippen LogP contribution in [-0.2, 0) is 6.61 Å². The number of hydrogen-bond donors (Lipinski definition) is 1. The summed E-state index contributed by atoms with van der Waals surface area (Å²) < 4.78 is 0. The standard InChI is InChI=1S/C12H20N4O/c1-9-6-16(7-10(2)15(9)3)12-13-4-11(8-17)5-14-12/h4-5,9-10,17H,6-8H2,1-3H3. The molecule has 2 rings (SSSR count). The Balaban J connectivity index is 2.11. The Morgan fingerprint density at radius 3 is 2.24 bits per heavy atom. The van der Waals surface area contributed by atoms with Gasteiger partial charge in [0.25, 0.3) is 0 Å². The summed E-state index contributed by atoms with van der Waals surface area (Å²) in [6.07, 6.45) is 3.38. The Morgan fingerprint density at radius 1 is 1.24 bits per heavy atom. The molecule has 2 unspecified atom stereocenters. The van der Waals surface area contributed by atoms with Crippen LogP contribution in [0.4, 0.5) is 5.95 Å². The molecule has 1 aliphatic rings. The van der Waals surface area contributed by atoms with Crippen molar-refractivity contribution in [3.05, 3.63) is 18.0 Å². The van der Waals surface area contributed by atoms with Gasteiger partial charge in [-0.1, -0.05) is 0 Å². The van der Waals surface area contributed by atoms with Gasteiger partial charge in [-0.15, -0.1) is 0 Å². The van der Waals surface area contributed by atoms with E-state index in [9.17, 15) is 0 Å². The van der Waals surface area contributed by atoms with E-state index in [0.29, 0.717) is 12.1 Å². The van der Waals surface area contributed by atoms with Gasteiger partial charge in [0.05, 0.1) is 6.61 Å². The lowest BCUT2D eigenvalue weighted by Crippen LogP contribution is -2.55. The molecule has 94 valence electrons. The van der Waals surface area contributed by atoms with Crippen molar-refractivity contribution in [3.8, 4) is 0 Å². The van der Waals surface area contributed by atoms with Gasteiger partial charge in [0.2, 0.25) is 5.95 Å². The maximum Gasteiger partial charge on any atom is 0.225 e. The first-order valence-corrected chi connectivity index (χ1v) is 6.00. The monoisotopic (exact) mass is 236 g/mol. The lowest BCUT2D eigenvalue weighted by atomic mass is 10.1. The minimum Gasteiger partial charge on any atom is -0.392 e. The summed E-state index contributed by atoms with van der Waals surface area (Å²) in [6, 6.07) is 1.000. The van der Waals surface area contributed by atoms with Gasteiger partial charge in [0.15, 0.2) is 0 Å². The zero-order chi connectivity index (χ0) is 12.4. The van der Waals surface area contributed by atoms with Gasteiger partial charge in [-0.2, -0.15) is 0 Å². The maximum atomic E-state index is 8.96. The predicted molar refractivity (Wildman–Crippen MR) is 66.9 cm³/mol. The Hall–Kier alpha value is -1.20. The number of anilines is 1. The highest BCUT2D eigenvalue weighted by atomic mass is 16.3. The van der Waals surface area contributed by atoms with E-state index in [1.165, 1.54) is 0 Å². The van der Waals surface area contributed by atoms with Gasteiger partial charge in [-0.25, -0.2) is 9.97 Å². The molecule has 0 aromatic carbocycles. The maximum absolute atomic E-state index is 8.96. The van der Waals surface area contributed by atoms with Crippen molar-refractivity contribution in [1.29, 1.82) is 0 Å². The summed E-state index contributed by atoms with van der Waals surface area (Å²) in [5.41, 5.74) is 0.754. The number of likely N-dealkylation sites (N-methyl/N-ethyl adjacent to an activating group) is 1. The average Bonchev–Trinajstić information content (AvgIpc) is 2.35. The molecule has 0 amide bonds. The van der Waals surface area contributed by atoms with Crippen LogP contribution in [0.2, 0.25) is 0 Å². The van der Waals surface area contributed by atoms with Crippen LogP contribution in [0, 0.1) is 0 Å². The number of piperazine rings is 1. The molecule has 0 spiro atoms. The summed E-state index contributed by atoms with van der Waals surface area (Å²) in [5.74, 6) is 0.758. The van der Waals surface area contributed by atoms with Crippen molar-refractivity contribution < 1.29 is 5.11 Å². The third-order valence-corrected chi connectivity index (χ3v) is 3.52. The zero-order valence-electron chi connectivity index (χ0n) is 10.7. The molecule has 1 saturated heterocycles. The van der Waals surface area contributed by atoms with E-state index in [2.05, 4.69) is 40.7 Å². The van der Waals surface area contributed by atoms with Crippen LogP contribution in [0.1, 0.15) is 19.4 Å². The van der Waals surface area contributed by atoms with Crippen molar-refractivity contribution in [2.75, 3.05) is 25.0 Å². The number of aromatic nitrogens is 2. The topological polar surface area (TPSA) is 52.5 Å². The number of nitrogens with zero attached hydrogens (tertiary/aromatic N) is 4. The van der Waals surface area contributed by atoms with E-state index < -0.39 is 0 Å². The van der Waals surface area contributed by atoms with Crippen molar-refractivity contribution in [1.82, 2.24) is 14.9 Å².